The van der Waals surface area contributed by atoms with Crippen LogP contribution < -0.4 is 10.6 Å². The number of nitrogens with zero attached hydrogens (tertiary/aromatic N) is 1. The van der Waals surface area contributed by atoms with Crippen LogP contribution in [-0.4, -0.2) is 10.9 Å². The SMILES string of the molecule is O=C(Nc1sc2c(c1[C@@H](Nc1ccccn1)c1ccc(Cl)cc1)CCCC2)c1ccco1. The Labute approximate surface area is 195 Å². The molecule has 0 fully saturated rings. The van der Waals surface area contributed by atoms with Crippen molar-refractivity contribution in [2.45, 2.75) is 31.7 Å². The van der Waals surface area contributed by atoms with E-state index in [1.807, 2.05) is 42.5 Å². The maximum Gasteiger partial charge on any atom is 0.291 e. The van der Waals surface area contributed by atoms with Crippen molar-refractivity contribution in [2.75, 3.05) is 10.6 Å². The maximum atomic E-state index is 12.9. The maximum absolute atomic E-state index is 12.9. The zero-order chi connectivity index (χ0) is 21.9. The quantitative estimate of drug-likeness (QED) is 0.333. The molecule has 1 amide bonds. The number of fused-ring (bicyclic) bond motifs is 1. The summed E-state index contributed by atoms with van der Waals surface area (Å²) < 4.78 is 5.32. The van der Waals surface area contributed by atoms with Gasteiger partial charge in [0.1, 0.15) is 10.8 Å². The highest BCUT2D eigenvalue weighted by Crippen LogP contribution is 2.44. The third-order valence-electron chi connectivity index (χ3n) is 5.63. The van der Waals surface area contributed by atoms with Gasteiger partial charge in [0.05, 0.1) is 12.3 Å². The van der Waals surface area contributed by atoms with Crippen LogP contribution in [0.25, 0.3) is 0 Å². The van der Waals surface area contributed by atoms with E-state index in [0.717, 1.165) is 47.6 Å². The van der Waals surface area contributed by atoms with Gasteiger partial charge in [-0.05, 0) is 73.2 Å². The lowest BCUT2D eigenvalue weighted by atomic mass is 9.89. The topological polar surface area (TPSA) is 67.2 Å². The zero-order valence-electron chi connectivity index (χ0n) is 17.3. The van der Waals surface area contributed by atoms with Gasteiger partial charge in [-0.15, -0.1) is 11.3 Å². The standard InChI is InChI=1S/C25H22ClN3O2S/c26-17-12-10-16(11-13-17)23(28-21-9-3-4-14-27-21)22-18-6-1-2-8-20(18)32-25(22)29-24(30)19-7-5-15-31-19/h3-5,7,9-15,23H,1-2,6,8H2,(H,27,28)(H,29,30)/t23-/m0/s1. The van der Waals surface area contributed by atoms with Gasteiger partial charge < -0.3 is 15.1 Å². The first-order valence-electron chi connectivity index (χ1n) is 10.6. The van der Waals surface area contributed by atoms with Gasteiger partial charge in [0.2, 0.25) is 0 Å². The number of hydrogen-bond donors (Lipinski definition) is 2. The molecule has 0 radical (unpaired) electrons. The van der Waals surface area contributed by atoms with E-state index < -0.39 is 0 Å². The Balaban J connectivity index is 1.61. The fourth-order valence-corrected chi connectivity index (χ4v) is 5.58. The van der Waals surface area contributed by atoms with Crippen molar-refractivity contribution in [1.29, 1.82) is 0 Å². The summed E-state index contributed by atoms with van der Waals surface area (Å²) in [4.78, 5) is 18.7. The molecular formula is C25H22ClN3O2S. The molecular weight excluding hydrogens is 442 g/mol. The highest BCUT2D eigenvalue weighted by atomic mass is 35.5. The van der Waals surface area contributed by atoms with E-state index in [1.54, 1.807) is 29.7 Å². The summed E-state index contributed by atoms with van der Waals surface area (Å²) in [7, 11) is 0. The van der Waals surface area contributed by atoms with Crippen LogP contribution in [-0.2, 0) is 12.8 Å². The number of aryl methyl sites for hydroxylation is 1. The van der Waals surface area contributed by atoms with E-state index in [0.29, 0.717) is 10.8 Å². The third kappa shape index (κ3) is 4.29. The molecule has 5 nitrogen and oxygen atoms in total. The van der Waals surface area contributed by atoms with Crippen molar-refractivity contribution in [1.82, 2.24) is 4.98 Å². The molecule has 1 aliphatic rings. The molecule has 1 atom stereocenters. The van der Waals surface area contributed by atoms with Crippen LogP contribution in [0.3, 0.4) is 0 Å². The molecule has 0 unspecified atom stereocenters. The van der Waals surface area contributed by atoms with Gasteiger partial charge in [0.15, 0.2) is 5.76 Å². The van der Waals surface area contributed by atoms with Crippen molar-refractivity contribution in [3.05, 3.63) is 99.4 Å². The molecule has 3 aromatic heterocycles. The monoisotopic (exact) mass is 463 g/mol. The first-order valence-corrected chi connectivity index (χ1v) is 11.8. The van der Waals surface area contributed by atoms with Crippen molar-refractivity contribution in [3.63, 3.8) is 0 Å². The van der Waals surface area contributed by atoms with Crippen LogP contribution in [0.4, 0.5) is 10.8 Å². The number of benzene rings is 1. The molecule has 0 saturated carbocycles. The predicted octanol–water partition coefficient (Wildman–Crippen LogP) is 6.72. The van der Waals surface area contributed by atoms with E-state index in [4.69, 9.17) is 16.0 Å². The molecule has 162 valence electrons. The van der Waals surface area contributed by atoms with Crippen molar-refractivity contribution >= 4 is 39.7 Å². The molecule has 0 saturated heterocycles. The lowest BCUT2D eigenvalue weighted by Gasteiger charge is -2.24. The summed E-state index contributed by atoms with van der Waals surface area (Å²) >= 11 is 7.84. The fourth-order valence-electron chi connectivity index (χ4n) is 4.13. The van der Waals surface area contributed by atoms with E-state index in [-0.39, 0.29) is 11.9 Å². The summed E-state index contributed by atoms with van der Waals surface area (Å²) in [5, 5.41) is 8.24. The zero-order valence-corrected chi connectivity index (χ0v) is 18.9. The Kier molecular flexibility index (Phi) is 5.97. The second-order valence-electron chi connectivity index (χ2n) is 7.73. The van der Waals surface area contributed by atoms with Crippen LogP contribution in [0.2, 0.25) is 5.02 Å². The summed E-state index contributed by atoms with van der Waals surface area (Å²) in [6.45, 7) is 0. The van der Waals surface area contributed by atoms with Gasteiger partial charge >= 0.3 is 0 Å². The van der Waals surface area contributed by atoms with Gasteiger partial charge in [-0.3, -0.25) is 4.79 Å². The van der Waals surface area contributed by atoms with Crippen LogP contribution >= 0.6 is 22.9 Å². The molecule has 3 heterocycles. The molecule has 4 aromatic rings. The van der Waals surface area contributed by atoms with E-state index in [2.05, 4.69) is 15.6 Å². The summed E-state index contributed by atoms with van der Waals surface area (Å²) in [5.74, 6) is 0.817. The number of pyridine rings is 1. The number of anilines is 2. The number of aromatic nitrogens is 1. The smallest absolute Gasteiger partial charge is 0.291 e. The molecule has 0 aliphatic heterocycles. The van der Waals surface area contributed by atoms with Crippen molar-refractivity contribution in [3.8, 4) is 0 Å². The van der Waals surface area contributed by atoms with E-state index >= 15 is 0 Å². The number of thiophene rings is 1. The number of amides is 1. The van der Waals surface area contributed by atoms with E-state index in [9.17, 15) is 4.79 Å². The molecule has 5 rings (SSSR count). The summed E-state index contributed by atoms with van der Waals surface area (Å²) in [5.41, 5.74) is 3.47. The summed E-state index contributed by atoms with van der Waals surface area (Å²) in [6.07, 6.45) is 7.60. The van der Waals surface area contributed by atoms with Crippen LogP contribution in [0, 0.1) is 0 Å². The number of carbonyl (C=O) groups excluding carboxylic acids is 1. The lowest BCUT2D eigenvalue weighted by Crippen LogP contribution is -2.18. The lowest BCUT2D eigenvalue weighted by molar-refractivity contribution is 0.0997. The Hall–Kier alpha value is -3.09. The second-order valence-corrected chi connectivity index (χ2v) is 9.27. The fraction of sp³-hybridized carbons (Fsp3) is 0.200. The van der Waals surface area contributed by atoms with Gasteiger partial charge in [0.25, 0.3) is 5.91 Å². The average Bonchev–Trinajstić information content (AvgIpc) is 3.47. The average molecular weight is 464 g/mol. The van der Waals surface area contributed by atoms with Crippen LogP contribution in [0.15, 0.2) is 71.5 Å². The predicted molar refractivity (Wildman–Crippen MR) is 129 cm³/mol. The molecule has 7 heteroatoms. The van der Waals surface area contributed by atoms with Crippen LogP contribution in [0.5, 0.6) is 0 Å². The molecule has 0 spiro atoms. The molecule has 1 aromatic carbocycles. The summed E-state index contributed by atoms with van der Waals surface area (Å²) in [6, 6.07) is 16.8. The molecule has 32 heavy (non-hydrogen) atoms. The van der Waals surface area contributed by atoms with Crippen molar-refractivity contribution in [2.24, 2.45) is 0 Å². The Morgan fingerprint density at radius 3 is 2.66 bits per heavy atom. The van der Waals surface area contributed by atoms with Gasteiger partial charge in [0, 0.05) is 21.7 Å². The first-order chi connectivity index (χ1) is 15.7. The Morgan fingerprint density at radius 1 is 1.06 bits per heavy atom. The normalized spacial score (nSPS) is 13.9. The minimum absolute atomic E-state index is 0.188. The molecule has 1 aliphatic carbocycles. The number of nitrogens with one attached hydrogen (secondary N) is 2. The minimum atomic E-state index is -0.248. The van der Waals surface area contributed by atoms with Gasteiger partial charge in [-0.1, -0.05) is 29.8 Å². The highest BCUT2D eigenvalue weighted by Gasteiger charge is 2.29. The second kappa shape index (κ2) is 9.18. The number of carbonyl (C=O) groups is 1. The number of rotatable bonds is 6. The number of furan rings is 1. The highest BCUT2D eigenvalue weighted by molar-refractivity contribution is 7.16. The van der Waals surface area contributed by atoms with Crippen LogP contribution in [0.1, 0.15) is 51.0 Å². The largest absolute Gasteiger partial charge is 0.459 e. The van der Waals surface area contributed by atoms with E-state index in [1.165, 1.54) is 16.7 Å². The molecule has 0 bridgehead atoms. The number of halogens is 1. The van der Waals surface area contributed by atoms with Crippen molar-refractivity contribution < 1.29 is 9.21 Å². The molecule has 2 N–H and O–H groups in total. The van der Waals surface area contributed by atoms with Gasteiger partial charge in [-0.25, -0.2) is 4.98 Å². The Bertz CT molecular complexity index is 1200. The minimum Gasteiger partial charge on any atom is -0.459 e. The third-order valence-corrected chi connectivity index (χ3v) is 7.11. The first kappa shape index (κ1) is 20.8. The van der Waals surface area contributed by atoms with Gasteiger partial charge in [-0.2, -0.15) is 0 Å². The Morgan fingerprint density at radius 2 is 1.91 bits per heavy atom. The number of hydrogen-bond acceptors (Lipinski definition) is 5.